The number of rotatable bonds is 5. The Hall–Kier alpha value is -1.36. The van der Waals surface area contributed by atoms with E-state index in [1.54, 1.807) is 0 Å². The number of carbonyl (C=O) groups excluding carboxylic acids is 1. The molecule has 2 fully saturated rings. The zero-order chi connectivity index (χ0) is 20.2. The maximum atomic E-state index is 12.7. The van der Waals surface area contributed by atoms with Gasteiger partial charge >= 0.3 is 0 Å². The first kappa shape index (κ1) is 20.9. The zero-order valence-electron chi connectivity index (χ0n) is 16.6. The molecule has 2 aromatic rings. The summed E-state index contributed by atoms with van der Waals surface area (Å²) >= 11 is 9.43. The summed E-state index contributed by atoms with van der Waals surface area (Å²) in [4.78, 5) is 15.3. The molecule has 0 spiro atoms. The van der Waals surface area contributed by atoms with Crippen molar-refractivity contribution in [2.24, 2.45) is 5.92 Å². The minimum atomic E-state index is 0.0482. The van der Waals surface area contributed by atoms with Gasteiger partial charge in [-0.3, -0.25) is 9.69 Å². The minimum Gasteiger partial charge on any atom is -0.348 e. The van der Waals surface area contributed by atoms with Gasteiger partial charge in [-0.25, -0.2) is 0 Å². The molecule has 3 nitrogen and oxygen atoms in total. The highest BCUT2D eigenvalue weighted by atomic mass is 79.9. The summed E-state index contributed by atoms with van der Waals surface area (Å²) in [5, 5.41) is 4.12. The molecule has 154 valence electrons. The van der Waals surface area contributed by atoms with E-state index in [1.807, 2.05) is 36.4 Å². The lowest BCUT2D eigenvalue weighted by atomic mass is 9.89. The van der Waals surface area contributed by atoms with Gasteiger partial charge in [-0.05, 0) is 99.5 Å². The number of likely N-dealkylation sites (tertiary alicyclic amines) is 1. The number of amides is 1. The molecule has 0 aromatic heterocycles. The van der Waals surface area contributed by atoms with Crippen LogP contribution in [-0.2, 0) is 6.42 Å². The fourth-order valence-corrected chi connectivity index (χ4v) is 5.23. The molecule has 5 heteroatoms. The molecule has 4 rings (SSSR count). The summed E-state index contributed by atoms with van der Waals surface area (Å²) in [5.74, 6) is 0.789. The zero-order valence-corrected chi connectivity index (χ0v) is 19.0. The Bertz CT molecular complexity index is 816. The summed E-state index contributed by atoms with van der Waals surface area (Å²) < 4.78 is 0.995. The van der Waals surface area contributed by atoms with Crippen molar-refractivity contribution in [1.82, 2.24) is 10.2 Å². The number of piperidine rings is 1. The summed E-state index contributed by atoms with van der Waals surface area (Å²) in [6, 6.07) is 16.6. The van der Waals surface area contributed by atoms with Crippen LogP contribution in [0.15, 0.2) is 53.0 Å². The topological polar surface area (TPSA) is 32.3 Å². The molecule has 1 N–H and O–H groups in total. The van der Waals surface area contributed by atoms with Gasteiger partial charge in [-0.15, -0.1) is 0 Å². The van der Waals surface area contributed by atoms with E-state index in [-0.39, 0.29) is 11.9 Å². The molecule has 2 atom stereocenters. The van der Waals surface area contributed by atoms with Crippen LogP contribution < -0.4 is 5.32 Å². The molecule has 0 radical (unpaired) electrons. The normalized spacial score (nSPS) is 23.2. The fraction of sp³-hybridized carbons (Fsp3) is 0.458. The molecule has 1 amide bonds. The monoisotopic (exact) mass is 474 g/mol. The molecule has 1 aliphatic carbocycles. The van der Waals surface area contributed by atoms with Crippen LogP contribution in [0.1, 0.15) is 48.0 Å². The Labute approximate surface area is 186 Å². The standard InChI is InChI=1S/C24H28BrClN2O/c25-20-8-6-19(7-9-20)24(29)27-22-2-1-3-23(22)28-14-12-18(13-15-28)16-17-4-10-21(26)11-5-17/h4-11,18,22-23H,1-3,12-16H2,(H,27,29)/t22-,23-/m1/s1. The van der Waals surface area contributed by atoms with Crippen molar-refractivity contribution in [2.75, 3.05) is 13.1 Å². The van der Waals surface area contributed by atoms with Crippen molar-refractivity contribution in [2.45, 2.75) is 50.6 Å². The van der Waals surface area contributed by atoms with Crippen molar-refractivity contribution in [3.8, 4) is 0 Å². The van der Waals surface area contributed by atoms with Crippen molar-refractivity contribution in [3.05, 3.63) is 69.2 Å². The average Bonchev–Trinajstić information content (AvgIpc) is 3.19. The Kier molecular flexibility index (Phi) is 6.94. The van der Waals surface area contributed by atoms with Crippen molar-refractivity contribution < 1.29 is 4.79 Å². The molecule has 1 heterocycles. The second-order valence-corrected chi connectivity index (χ2v) is 9.75. The van der Waals surface area contributed by atoms with Crippen LogP contribution in [0.3, 0.4) is 0 Å². The van der Waals surface area contributed by atoms with Gasteiger partial charge in [0.15, 0.2) is 0 Å². The van der Waals surface area contributed by atoms with E-state index < -0.39 is 0 Å². The lowest BCUT2D eigenvalue weighted by Gasteiger charge is -2.38. The Morgan fingerprint density at radius 1 is 1.00 bits per heavy atom. The van der Waals surface area contributed by atoms with E-state index in [2.05, 4.69) is 38.3 Å². The maximum Gasteiger partial charge on any atom is 0.251 e. The number of benzene rings is 2. The lowest BCUT2D eigenvalue weighted by molar-refractivity contribution is 0.0862. The van der Waals surface area contributed by atoms with Crippen LogP contribution in [0.2, 0.25) is 5.02 Å². The molecule has 0 unspecified atom stereocenters. The first-order valence-electron chi connectivity index (χ1n) is 10.6. The Morgan fingerprint density at radius 2 is 1.69 bits per heavy atom. The highest BCUT2D eigenvalue weighted by Gasteiger charge is 2.35. The largest absolute Gasteiger partial charge is 0.348 e. The Morgan fingerprint density at radius 3 is 2.38 bits per heavy atom. The molecular formula is C24H28BrClN2O. The molecule has 2 aromatic carbocycles. The summed E-state index contributed by atoms with van der Waals surface area (Å²) in [6.07, 6.45) is 7.06. The average molecular weight is 476 g/mol. The number of carbonyl (C=O) groups is 1. The number of nitrogens with one attached hydrogen (secondary N) is 1. The first-order chi connectivity index (χ1) is 14.1. The highest BCUT2D eigenvalue weighted by molar-refractivity contribution is 9.10. The maximum absolute atomic E-state index is 12.7. The van der Waals surface area contributed by atoms with Crippen LogP contribution in [0.25, 0.3) is 0 Å². The van der Waals surface area contributed by atoms with Crippen LogP contribution in [0.5, 0.6) is 0 Å². The van der Waals surface area contributed by atoms with E-state index in [1.165, 1.54) is 31.2 Å². The van der Waals surface area contributed by atoms with Crippen LogP contribution in [0.4, 0.5) is 0 Å². The first-order valence-corrected chi connectivity index (χ1v) is 11.8. The molecular weight excluding hydrogens is 448 g/mol. The fourth-order valence-electron chi connectivity index (χ4n) is 4.84. The van der Waals surface area contributed by atoms with E-state index >= 15 is 0 Å². The predicted molar refractivity (Wildman–Crippen MR) is 122 cm³/mol. The molecule has 0 bridgehead atoms. The highest BCUT2D eigenvalue weighted by Crippen LogP contribution is 2.30. The third-order valence-electron chi connectivity index (χ3n) is 6.46. The van der Waals surface area contributed by atoms with Crippen LogP contribution >= 0.6 is 27.5 Å². The van der Waals surface area contributed by atoms with Gasteiger partial charge in [0.2, 0.25) is 0 Å². The van der Waals surface area contributed by atoms with Gasteiger partial charge in [0, 0.05) is 27.1 Å². The third-order valence-corrected chi connectivity index (χ3v) is 7.24. The summed E-state index contributed by atoms with van der Waals surface area (Å²) in [5.41, 5.74) is 2.12. The van der Waals surface area contributed by atoms with E-state index in [9.17, 15) is 4.79 Å². The second-order valence-electron chi connectivity index (χ2n) is 8.40. The third kappa shape index (κ3) is 5.42. The molecule has 2 aliphatic rings. The van der Waals surface area contributed by atoms with Gasteiger partial charge in [0.05, 0.1) is 0 Å². The second kappa shape index (κ2) is 9.63. The van der Waals surface area contributed by atoms with Crippen LogP contribution in [0, 0.1) is 5.92 Å². The SMILES string of the molecule is O=C(N[C@@H]1CCC[C@H]1N1CCC(Cc2ccc(Cl)cc2)CC1)c1ccc(Br)cc1. The predicted octanol–water partition coefficient (Wildman–Crippen LogP) is 5.71. The van der Waals surface area contributed by atoms with Gasteiger partial charge in [-0.2, -0.15) is 0 Å². The molecule has 1 saturated carbocycles. The summed E-state index contributed by atoms with van der Waals surface area (Å²) in [7, 11) is 0. The Balaban J connectivity index is 1.30. The number of halogens is 2. The van der Waals surface area contributed by atoms with E-state index in [0.717, 1.165) is 46.9 Å². The number of hydrogen-bond donors (Lipinski definition) is 1. The van der Waals surface area contributed by atoms with Crippen molar-refractivity contribution >= 4 is 33.4 Å². The van der Waals surface area contributed by atoms with Gasteiger partial charge in [0.1, 0.15) is 0 Å². The lowest BCUT2D eigenvalue weighted by Crippen LogP contribution is -2.51. The van der Waals surface area contributed by atoms with Crippen LogP contribution in [-0.4, -0.2) is 36.0 Å². The van der Waals surface area contributed by atoms with Crippen molar-refractivity contribution in [3.63, 3.8) is 0 Å². The van der Waals surface area contributed by atoms with Gasteiger partial charge in [-0.1, -0.05) is 39.7 Å². The van der Waals surface area contributed by atoms with Gasteiger partial charge in [0.25, 0.3) is 5.91 Å². The van der Waals surface area contributed by atoms with E-state index in [0.29, 0.717) is 6.04 Å². The molecule has 1 aliphatic heterocycles. The summed E-state index contributed by atoms with van der Waals surface area (Å²) in [6.45, 7) is 2.27. The smallest absolute Gasteiger partial charge is 0.251 e. The number of nitrogens with zero attached hydrogens (tertiary/aromatic N) is 1. The minimum absolute atomic E-state index is 0.0482. The number of hydrogen-bond acceptors (Lipinski definition) is 2. The van der Waals surface area contributed by atoms with E-state index in [4.69, 9.17) is 11.6 Å². The quantitative estimate of drug-likeness (QED) is 0.601. The van der Waals surface area contributed by atoms with Crippen molar-refractivity contribution in [1.29, 1.82) is 0 Å². The molecule has 29 heavy (non-hydrogen) atoms. The van der Waals surface area contributed by atoms with Gasteiger partial charge < -0.3 is 5.32 Å². The molecule has 1 saturated heterocycles.